The SMILES string of the molecule is CNc1nc2c(Cl)cc(C(=O)O)cc2s1. The normalized spacial score (nSPS) is 10.5. The van der Waals surface area contributed by atoms with Crippen LogP contribution in [0.1, 0.15) is 10.4 Å². The van der Waals surface area contributed by atoms with Gasteiger partial charge < -0.3 is 10.4 Å². The molecule has 2 aromatic rings. The quantitative estimate of drug-likeness (QED) is 0.850. The Labute approximate surface area is 94.5 Å². The Morgan fingerprint density at radius 3 is 2.93 bits per heavy atom. The smallest absolute Gasteiger partial charge is 0.335 e. The van der Waals surface area contributed by atoms with E-state index in [0.29, 0.717) is 10.5 Å². The third kappa shape index (κ3) is 1.75. The van der Waals surface area contributed by atoms with Crippen LogP contribution in [0.2, 0.25) is 5.02 Å². The molecular weight excluding hydrogens is 236 g/mol. The van der Waals surface area contributed by atoms with Crippen molar-refractivity contribution in [3.8, 4) is 0 Å². The molecule has 0 spiro atoms. The molecule has 78 valence electrons. The highest BCUT2D eigenvalue weighted by atomic mass is 35.5. The number of anilines is 1. The van der Waals surface area contributed by atoms with E-state index in [-0.39, 0.29) is 5.56 Å². The van der Waals surface area contributed by atoms with Crippen LogP contribution in [0.3, 0.4) is 0 Å². The Morgan fingerprint density at radius 2 is 2.33 bits per heavy atom. The largest absolute Gasteiger partial charge is 0.478 e. The van der Waals surface area contributed by atoms with Gasteiger partial charge in [0, 0.05) is 7.05 Å². The third-order valence-corrected chi connectivity index (χ3v) is 3.22. The number of hydrogen-bond donors (Lipinski definition) is 2. The van der Waals surface area contributed by atoms with E-state index in [2.05, 4.69) is 10.3 Å². The number of rotatable bonds is 2. The van der Waals surface area contributed by atoms with Gasteiger partial charge in [-0.3, -0.25) is 0 Å². The van der Waals surface area contributed by atoms with E-state index in [1.165, 1.54) is 17.4 Å². The van der Waals surface area contributed by atoms with Gasteiger partial charge in [-0.2, -0.15) is 0 Å². The summed E-state index contributed by atoms with van der Waals surface area (Å²) in [5, 5.41) is 12.8. The number of aromatic nitrogens is 1. The predicted molar refractivity (Wildman–Crippen MR) is 61.1 cm³/mol. The molecule has 0 bridgehead atoms. The Morgan fingerprint density at radius 1 is 1.60 bits per heavy atom. The molecule has 1 aromatic heterocycles. The minimum absolute atomic E-state index is 0.179. The van der Waals surface area contributed by atoms with Gasteiger partial charge in [-0.15, -0.1) is 0 Å². The van der Waals surface area contributed by atoms with Crippen LogP contribution in [0, 0.1) is 0 Å². The van der Waals surface area contributed by atoms with Crippen LogP contribution >= 0.6 is 22.9 Å². The second kappa shape index (κ2) is 3.67. The molecule has 2 rings (SSSR count). The summed E-state index contributed by atoms with van der Waals surface area (Å²) in [6, 6.07) is 2.98. The summed E-state index contributed by atoms with van der Waals surface area (Å²) in [4.78, 5) is 15.0. The van der Waals surface area contributed by atoms with E-state index >= 15 is 0 Å². The van der Waals surface area contributed by atoms with Crippen molar-refractivity contribution in [3.05, 3.63) is 22.7 Å². The van der Waals surface area contributed by atoms with E-state index in [9.17, 15) is 4.79 Å². The molecule has 0 aliphatic heterocycles. The van der Waals surface area contributed by atoms with E-state index in [1.54, 1.807) is 13.1 Å². The Bertz CT molecular complexity index is 538. The summed E-state index contributed by atoms with van der Waals surface area (Å²) in [5.41, 5.74) is 0.815. The number of aromatic carboxylic acids is 1. The van der Waals surface area contributed by atoms with Crippen LogP contribution in [-0.4, -0.2) is 23.1 Å². The first kappa shape index (κ1) is 10.2. The topological polar surface area (TPSA) is 62.2 Å². The summed E-state index contributed by atoms with van der Waals surface area (Å²) in [5.74, 6) is -0.988. The molecule has 0 saturated carbocycles. The molecule has 1 aromatic carbocycles. The number of nitrogens with one attached hydrogen (secondary N) is 1. The molecular formula is C9H7ClN2O2S. The summed E-state index contributed by atoms with van der Waals surface area (Å²) in [6.07, 6.45) is 0. The van der Waals surface area contributed by atoms with Crippen molar-refractivity contribution in [3.63, 3.8) is 0 Å². The maximum atomic E-state index is 10.8. The van der Waals surface area contributed by atoms with Gasteiger partial charge in [0.25, 0.3) is 0 Å². The number of carboxylic acids is 1. The van der Waals surface area contributed by atoms with Crippen LogP contribution in [0.15, 0.2) is 12.1 Å². The fourth-order valence-corrected chi connectivity index (χ4v) is 2.42. The van der Waals surface area contributed by atoms with Gasteiger partial charge in [0.1, 0.15) is 5.52 Å². The van der Waals surface area contributed by atoms with Gasteiger partial charge in [0.05, 0.1) is 15.3 Å². The van der Waals surface area contributed by atoms with Crippen LogP contribution in [0.25, 0.3) is 10.2 Å². The van der Waals surface area contributed by atoms with Gasteiger partial charge in [-0.05, 0) is 12.1 Å². The maximum absolute atomic E-state index is 10.8. The Hall–Kier alpha value is -1.33. The first-order chi connectivity index (χ1) is 7.11. The molecule has 0 aliphatic carbocycles. The maximum Gasteiger partial charge on any atom is 0.335 e. The lowest BCUT2D eigenvalue weighted by Crippen LogP contribution is -1.95. The van der Waals surface area contributed by atoms with Crippen molar-refractivity contribution in [2.75, 3.05) is 12.4 Å². The summed E-state index contributed by atoms with van der Waals surface area (Å²) in [6.45, 7) is 0. The van der Waals surface area contributed by atoms with Crippen molar-refractivity contribution in [2.45, 2.75) is 0 Å². The van der Waals surface area contributed by atoms with Gasteiger partial charge in [0.15, 0.2) is 5.13 Å². The molecule has 1 heterocycles. The van der Waals surface area contributed by atoms with E-state index in [1.807, 2.05) is 0 Å². The molecule has 0 saturated heterocycles. The standard InChI is InChI=1S/C9H7ClN2O2S/c1-11-9-12-7-5(10)2-4(8(13)14)3-6(7)15-9/h2-3H,1H3,(H,11,12)(H,13,14). The van der Waals surface area contributed by atoms with Crippen LogP contribution in [0.4, 0.5) is 5.13 Å². The van der Waals surface area contributed by atoms with E-state index in [0.717, 1.165) is 9.83 Å². The first-order valence-corrected chi connectivity index (χ1v) is 5.32. The summed E-state index contributed by atoms with van der Waals surface area (Å²) >= 11 is 7.30. The number of thiazole rings is 1. The zero-order valence-electron chi connectivity index (χ0n) is 7.74. The lowest BCUT2D eigenvalue weighted by molar-refractivity contribution is 0.0697. The zero-order valence-corrected chi connectivity index (χ0v) is 9.32. The molecule has 6 heteroatoms. The van der Waals surface area contributed by atoms with Crippen LogP contribution < -0.4 is 5.32 Å². The monoisotopic (exact) mass is 242 g/mol. The number of fused-ring (bicyclic) bond motifs is 1. The molecule has 0 aliphatic rings. The third-order valence-electron chi connectivity index (χ3n) is 1.91. The minimum atomic E-state index is -0.988. The lowest BCUT2D eigenvalue weighted by Gasteiger charge is -1.95. The first-order valence-electron chi connectivity index (χ1n) is 4.13. The Kier molecular flexibility index (Phi) is 2.50. The van der Waals surface area contributed by atoms with Crippen molar-refractivity contribution in [2.24, 2.45) is 0 Å². The number of hydrogen-bond acceptors (Lipinski definition) is 4. The number of carboxylic acid groups (broad SMARTS) is 1. The highest BCUT2D eigenvalue weighted by Gasteiger charge is 2.11. The molecule has 4 nitrogen and oxygen atoms in total. The molecule has 0 amide bonds. The minimum Gasteiger partial charge on any atom is -0.478 e. The predicted octanol–water partition coefficient (Wildman–Crippen LogP) is 2.69. The molecule has 0 unspecified atom stereocenters. The molecule has 2 N–H and O–H groups in total. The van der Waals surface area contributed by atoms with E-state index in [4.69, 9.17) is 16.7 Å². The number of carbonyl (C=O) groups is 1. The number of nitrogens with zero attached hydrogens (tertiary/aromatic N) is 1. The number of halogens is 1. The van der Waals surface area contributed by atoms with Crippen molar-refractivity contribution in [1.82, 2.24) is 4.98 Å². The summed E-state index contributed by atoms with van der Waals surface area (Å²) in [7, 11) is 1.75. The van der Waals surface area contributed by atoms with Crippen molar-refractivity contribution in [1.29, 1.82) is 0 Å². The highest BCUT2D eigenvalue weighted by molar-refractivity contribution is 7.22. The molecule has 0 atom stereocenters. The Balaban J connectivity index is 2.70. The fourth-order valence-electron chi connectivity index (χ4n) is 1.22. The summed E-state index contributed by atoms with van der Waals surface area (Å²) < 4.78 is 0.768. The van der Waals surface area contributed by atoms with E-state index < -0.39 is 5.97 Å². The lowest BCUT2D eigenvalue weighted by atomic mass is 10.2. The molecule has 0 fully saturated rings. The fraction of sp³-hybridized carbons (Fsp3) is 0.111. The highest BCUT2D eigenvalue weighted by Crippen LogP contribution is 2.31. The second-order valence-corrected chi connectivity index (χ2v) is 4.32. The molecule has 0 radical (unpaired) electrons. The second-order valence-electron chi connectivity index (χ2n) is 2.88. The van der Waals surface area contributed by atoms with Gasteiger partial charge in [-0.25, -0.2) is 9.78 Å². The van der Waals surface area contributed by atoms with Crippen LogP contribution in [-0.2, 0) is 0 Å². The van der Waals surface area contributed by atoms with Gasteiger partial charge in [-0.1, -0.05) is 22.9 Å². The average molecular weight is 243 g/mol. The number of benzene rings is 1. The van der Waals surface area contributed by atoms with Gasteiger partial charge >= 0.3 is 5.97 Å². The molecule has 15 heavy (non-hydrogen) atoms. The van der Waals surface area contributed by atoms with Gasteiger partial charge in [0.2, 0.25) is 0 Å². The van der Waals surface area contributed by atoms with Crippen molar-refractivity contribution >= 4 is 44.3 Å². The van der Waals surface area contributed by atoms with Crippen molar-refractivity contribution < 1.29 is 9.90 Å². The average Bonchev–Trinajstić information content (AvgIpc) is 2.61. The van der Waals surface area contributed by atoms with Crippen LogP contribution in [0.5, 0.6) is 0 Å². The zero-order chi connectivity index (χ0) is 11.0.